The van der Waals surface area contributed by atoms with Crippen LogP contribution in [0.4, 0.5) is 28.7 Å². The number of benzene rings is 2. The van der Waals surface area contributed by atoms with Gasteiger partial charge in [-0.15, -0.1) is 0 Å². The third-order valence-corrected chi connectivity index (χ3v) is 4.27. The maximum Gasteiger partial charge on any atom is 0.354 e. The number of hydrogen-bond donors (Lipinski definition) is 1. The van der Waals surface area contributed by atoms with Crippen LogP contribution in [-0.2, 0) is 0 Å². The quantitative estimate of drug-likeness (QED) is 0.495. The van der Waals surface area contributed by atoms with Crippen LogP contribution in [0.1, 0.15) is 18.1 Å². The predicted molar refractivity (Wildman–Crippen MR) is 107 cm³/mol. The minimum Gasteiger partial charge on any atom is -0.334 e. The largest absolute Gasteiger partial charge is 0.354 e. The normalized spacial score (nSPS) is 10.5. The molecule has 27 heavy (non-hydrogen) atoms. The van der Waals surface area contributed by atoms with Crippen LogP contribution in [0.5, 0.6) is 0 Å². The fourth-order valence-electron chi connectivity index (χ4n) is 2.89. The van der Waals surface area contributed by atoms with Gasteiger partial charge in [0, 0.05) is 17.9 Å². The summed E-state index contributed by atoms with van der Waals surface area (Å²) >= 11 is 0. The van der Waals surface area contributed by atoms with Crippen LogP contribution in [-0.4, -0.2) is 21.4 Å². The summed E-state index contributed by atoms with van der Waals surface area (Å²) in [5.41, 5.74) is 3.50. The van der Waals surface area contributed by atoms with E-state index in [4.69, 9.17) is 0 Å². The van der Waals surface area contributed by atoms with Crippen molar-refractivity contribution in [2.45, 2.75) is 20.8 Å². The minimum atomic E-state index is -0.436. The van der Waals surface area contributed by atoms with E-state index in [2.05, 4.69) is 15.3 Å². The highest BCUT2D eigenvalue weighted by molar-refractivity contribution is 5.78. The van der Waals surface area contributed by atoms with Crippen molar-refractivity contribution in [3.63, 3.8) is 0 Å². The van der Waals surface area contributed by atoms with Crippen molar-refractivity contribution < 1.29 is 4.92 Å². The number of rotatable bonds is 6. The average molecular weight is 363 g/mol. The monoisotopic (exact) mass is 363 g/mol. The molecule has 138 valence electrons. The zero-order chi connectivity index (χ0) is 19.4. The van der Waals surface area contributed by atoms with Gasteiger partial charge in [0.2, 0.25) is 11.6 Å². The fraction of sp³-hybridized carbons (Fsp3) is 0.200. The van der Waals surface area contributed by atoms with E-state index >= 15 is 0 Å². The molecule has 0 spiro atoms. The molecule has 2 aromatic carbocycles. The Morgan fingerprint density at radius 1 is 1.11 bits per heavy atom. The summed E-state index contributed by atoms with van der Waals surface area (Å²) in [6.45, 7) is 6.37. The minimum absolute atomic E-state index is 0.149. The topological polar surface area (TPSA) is 84.2 Å². The molecule has 0 aliphatic heterocycles. The molecule has 0 aliphatic carbocycles. The molecule has 1 aromatic heterocycles. The molecule has 0 radical (unpaired) electrons. The number of aromatic nitrogens is 2. The standard InChI is InChI=1S/C20H21N5O2/c1-4-24(16-8-6-5-7-9-16)20-18(25(26)27)19(21-13-22-20)23-17-12-14(2)10-11-15(17)3/h5-13H,4H2,1-3H3,(H,21,22,23). The van der Waals surface area contributed by atoms with Gasteiger partial charge >= 0.3 is 5.69 Å². The summed E-state index contributed by atoms with van der Waals surface area (Å²) in [6, 6.07) is 15.4. The summed E-state index contributed by atoms with van der Waals surface area (Å²) in [4.78, 5) is 21.6. The fourth-order valence-corrected chi connectivity index (χ4v) is 2.89. The first-order valence-electron chi connectivity index (χ1n) is 8.67. The molecule has 0 fully saturated rings. The third kappa shape index (κ3) is 3.87. The van der Waals surface area contributed by atoms with Crippen LogP contribution in [0.3, 0.4) is 0 Å². The molecule has 3 aromatic rings. The van der Waals surface area contributed by atoms with Gasteiger partial charge in [0.1, 0.15) is 6.33 Å². The number of nitro groups is 1. The Balaban J connectivity index is 2.10. The first-order chi connectivity index (χ1) is 13.0. The smallest absolute Gasteiger partial charge is 0.334 e. The first kappa shape index (κ1) is 18.3. The van der Waals surface area contributed by atoms with Gasteiger partial charge in [-0.05, 0) is 50.1 Å². The van der Waals surface area contributed by atoms with E-state index in [1.54, 1.807) is 4.90 Å². The Labute approximate surface area is 157 Å². The Morgan fingerprint density at radius 3 is 2.52 bits per heavy atom. The van der Waals surface area contributed by atoms with Crippen LogP contribution < -0.4 is 10.2 Å². The van der Waals surface area contributed by atoms with Crippen LogP contribution in [0.2, 0.25) is 0 Å². The summed E-state index contributed by atoms with van der Waals surface area (Å²) < 4.78 is 0. The summed E-state index contributed by atoms with van der Waals surface area (Å²) in [7, 11) is 0. The van der Waals surface area contributed by atoms with Crippen molar-refractivity contribution >= 4 is 28.7 Å². The van der Waals surface area contributed by atoms with Crippen LogP contribution >= 0.6 is 0 Å². The van der Waals surface area contributed by atoms with Gasteiger partial charge in [0.05, 0.1) is 4.92 Å². The lowest BCUT2D eigenvalue weighted by atomic mass is 10.1. The molecule has 7 heteroatoms. The van der Waals surface area contributed by atoms with Crippen molar-refractivity contribution in [3.8, 4) is 0 Å². The number of nitrogens with one attached hydrogen (secondary N) is 1. The van der Waals surface area contributed by atoms with Gasteiger partial charge in [-0.1, -0.05) is 30.3 Å². The molecule has 0 aliphatic rings. The van der Waals surface area contributed by atoms with Gasteiger partial charge in [-0.25, -0.2) is 9.97 Å². The SMILES string of the molecule is CCN(c1ccccc1)c1ncnc(Nc2cc(C)ccc2C)c1[N+](=O)[O-]. The second-order valence-electron chi connectivity index (χ2n) is 6.17. The van der Waals surface area contributed by atoms with Crippen molar-refractivity contribution in [1.29, 1.82) is 0 Å². The zero-order valence-electron chi connectivity index (χ0n) is 15.5. The molecule has 0 saturated carbocycles. The van der Waals surface area contributed by atoms with Crippen molar-refractivity contribution in [1.82, 2.24) is 9.97 Å². The molecule has 0 amide bonds. The molecule has 1 N–H and O–H groups in total. The van der Waals surface area contributed by atoms with Gasteiger partial charge in [0.25, 0.3) is 0 Å². The van der Waals surface area contributed by atoms with E-state index in [0.717, 1.165) is 22.5 Å². The van der Waals surface area contributed by atoms with Crippen molar-refractivity contribution in [2.24, 2.45) is 0 Å². The van der Waals surface area contributed by atoms with Crippen LogP contribution in [0.15, 0.2) is 54.9 Å². The Morgan fingerprint density at radius 2 is 1.85 bits per heavy atom. The number of hydrogen-bond acceptors (Lipinski definition) is 6. The van der Waals surface area contributed by atoms with E-state index in [9.17, 15) is 10.1 Å². The molecule has 0 saturated heterocycles. The van der Waals surface area contributed by atoms with Crippen molar-refractivity contribution in [2.75, 3.05) is 16.8 Å². The van der Waals surface area contributed by atoms with Gasteiger partial charge in [0.15, 0.2) is 0 Å². The number of aryl methyl sites for hydroxylation is 2. The maximum absolute atomic E-state index is 11.9. The Kier molecular flexibility index (Phi) is 5.30. The maximum atomic E-state index is 11.9. The second-order valence-corrected chi connectivity index (χ2v) is 6.17. The van der Waals surface area contributed by atoms with E-state index < -0.39 is 4.92 Å². The Bertz CT molecular complexity index is 960. The number of nitrogens with zero attached hydrogens (tertiary/aromatic N) is 4. The van der Waals surface area contributed by atoms with Crippen LogP contribution in [0.25, 0.3) is 0 Å². The number of anilines is 4. The highest BCUT2D eigenvalue weighted by Gasteiger charge is 2.27. The second kappa shape index (κ2) is 7.82. The summed E-state index contributed by atoms with van der Waals surface area (Å²) in [5.74, 6) is 0.435. The molecule has 0 bridgehead atoms. The molecular weight excluding hydrogens is 342 g/mol. The molecule has 0 unspecified atom stereocenters. The number of para-hydroxylation sites is 1. The van der Waals surface area contributed by atoms with E-state index in [1.165, 1.54) is 6.33 Å². The molecule has 7 nitrogen and oxygen atoms in total. The van der Waals surface area contributed by atoms with E-state index in [1.807, 2.05) is 69.3 Å². The van der Waals surface area contributed by atoms with Gasteiger partial charge < -0.3 is 10.2 Å². The van der Waals surface area contributed by atoms with E-state index in [0.29, 0.717) is 6.54 Å². The van der Waals surface area contributed by atoms with E-state index in [-0.39, 0.29) is 17.3 Å². The molecule has 1 heterocycles. The lowest BCUT2D eigenvalue weighted by Gasteiger charge is -2.22. The average Bonchev–Trinajstić information content (AvgIpc) is 2.66. The summed E-state index contributed by atoms with van der Waals surface area (Å²) in [5, 5.41) is 15.0. The third-order valence-electron chi connectivity index (χ3n) is 4.27. The van der Waals surface area contributed by atoms with Crippen molar-refractivity contribution in [3.05, 3.63) is 76.1 Å². The first-order valence-corrected chi connectivity index (χ1v) is 8.67. The Hall–Kier alpha value is -3.48. The van der Waals surface area contributed by atoms with Gasteiger partial charge in [-0.3, -0.25) is 10.1 Å². The zero-order valence-corrected chi connectivity index (χ0v) is 15.5. The molecule has 3 rings (SSSR count). The lowest BCUT2D eigenvalue weighted by molar-refractivity contribution is -0.383. The molecule has 0 atom stereocenters. The highest BCUT2D eigenvalue weighted by atomic mass is 16.6. The summed E-state index contributed by atoms with van der Waals surface area (Å²) in [6.07, 6.45) is 1.35. The van der Waals surface area contributed by atoms with Crippen LogP contribution in [0, 0.1) is 24.0 Å². The van der Waals surface area contributed by atoms with Gasteiger partial charge in [-0.2, -0.15) is 0 Å². The molecular formula is C20H21N5O2. The predicted octanol–water partition coefficient (Wildman–Crippen LogP) is 4.90. The highest BCUT2D eigenvalue weighted by Crippen LogP contribution is 2.37. The lowest BCUT2D eigenvalue weighted by Crippen LogP contribution is -2.19.